The number of methoxy groups -OCH3 is 1. The molecule has 0 saturated heterocycles. The van der Waals surface area contributed by atoms with E-state index in [1.807, 2.05) is 85.8 Å². The van der Waals surface area contributed by atoms with Gasteiger partial charge in [0.15, 0.2) is 11.5 Å². The number of H-pyrrole nitrogens is 1. The Kier molecular flexibility index (Phi) is 6.18. The first-order valence-electron chi connectivity index (χ1n) is 11.4. The van der Waals surface area contributed by atoms with E-state index in [0.717, 1.165) is 28.0 Å². The highest BCUT2D eigenvalue weighted by Crippen LogP contribution is 2.32. The van der Waals surface area contributed by atoms with Gasteiger partial charge in [-0.05, 0) is 55.0 Å². The molecular weight excluding hydrogens is 438 g/mol. The number of anilines is 1. The van der Waals surface area contributed by atoms with Crippen LogP contribution in [0.25, 0.3) is 22.4 Å². The van der Waals surface area contributed by atoms with Crippen LogP contribution in [-0.2, 0) is 0 Å². The van der Waals surface area contributed by atoms with Gasteiger partial charge in [-0.25, -0.2) is 4.98 Å². The molecule has 4 aromatic carbocycles. The van der Waals surface area contributed by atoms with Crippen LogP contribution in [-0.4, -0.2) is 23.0 Å². The zero-order valence-corrected chi connectivity index (χ0v) is 19.5. The molecule has 6 heteroatoms. The maximum atomic E-state index is 13.0. The first-order valence-corrected chi connectivity index (χ1v) is 11.4. The van der Waals surface area contributed by atoms with Gasteiger partial charge in [0, 0.05) is 16.8 Å². The second-order valence-electron chi connectivity index (χ2n) is 8.17. The third kappa shape index (κ3) is 4.87. The summed E-state index contributed by atoms with van der Waals surface area (Å²) < 4.78 is 11.6. The van der Waals surface area contributed by atoms with Crippen molar-refractivity contribution in [3.8, 4) is 22.9 Å². The lowest BCUT2D eigenvalue weighted by atomic mass is 10.1. The summed E-state index contributed by atoms with van der Waals surface area (Å²) >= 11 is 0. The van der Waals surface area contributed by atoms with Crippen molar-refractivity contribution in [2.24, 2.45) is 0 Å². The lowest BCUT2D eigenvalue weighted by Gasteiger charge is -2.18. The van der Waals surface area contributed by atoms with Crippen LogP contribution in [0.2, 0.25) is 0 Å². The maximum absolute atomic E-state index is 13.0. The van der Waals surface area contributed by atoms with Crippen molar-refractivity contribution >= 4 is 22.6 Å². The summed E-state index contributed by atoms with van der Waals surface area (Å²) in [6, 6.07) is 30.6. The zero-order valence-electron chi connectivity index (χ0n) is 19.5. The van der Waals surface area contributed by atoms with E-state index in [1.54, 1.807) is 25.3 Å². The molecule has 1 atom stereocenters. The molecule has 174 valence electrons. The molecular formula is C29H25N3O3. The van der Waals surface area contributed by atoms with Gasteiger partial charge in [-0.15, -0.1) is 0 Å². The first-order chi connectivity index (χ1) is 17.1. The molecule has 0 fully saturated rings. The Morgan fingerprint density at radius 3 is 2.49 bits per heavy atom. The molecule has 0 aliphatic rings. The molecule has 0 unspecified atom stereocenters. The van der Waals surface area contributed by atoms with Crippen molar-refractivity contribution in [2.45, 2.75) is 13.0 Å². The number of fused-ring (bicyclic) bond motifs is 1. The average molecular weight is 464 g/mol. The van der Waals surface area contributed by atoms with E-state index in [-0.39, 0.29) is 12.0 Å². The second-order valence-corrected chi connectivity index (χ2v) is 8.17. The molecule has 0 bridgehead atoms. The number of carbonyl (C=O) groups is 1. The SMILES string of the molecule is COc1cc(C(=O)Nc2cccc(-c3nc4ccccc4[nH]3)c2)ccc1O[C@@H](C)c1ccccc1. The van der Waals surface area contributed by atoms with E-state index >= 15 is 0 Å². The van der Waals surface area contributed by atoms with Gasteiger partial charge in [-0.1, -0.05) is 54.6 Å². The topological polar surface area (TPSA) is 76.2 Å². The number of amides is 1. The summed E-state index contributed by atoms with van der Waals surface area (Å²) in [4.78, 5) is 21.0. The number of nitrogens with zero attached hydrogens (tertiary/aromatic N) is 1. The standard InChI is InChI=1S/C29H25N3O3/c1-19(20-9-4-3-5-10-20)35-26-16-15-22(18-27(26)34-2)29(33)30-23-12-8-11-21(17-23)28-31-24-13-6-7-14-25(24)32-28/h3-19H,1-2H3,(H,30,33)(H,31,32)/t19-/m0/s1. The number of nitrogens with one attached hydrogen (secondary N) is 2. The predicted octanol–water partition coefficient (Wildman–Crippen LogP) is 6.63. The van der Waals surface area contributed by atoms with E-state index in [4.69, 9.17) is 9.47 Å². The highest BCUT2D eigenvalue weighted by Gasteiger charge is 2.15. The number of ether oxygens (including phenoxy) is 2. The smallest absolute Gasteiger partial charge is 0.255 e. The monoisotopic (exact) mass is 463 g/mol. The Bertz CT molecular complexity index is 1440. The van der Waals surface area contributed by atoms with Crippen molar-refractivity contribution in [2.75, 3.05) is 12.4 Å². The molecule has 6 nitrogen and oxygen atoms in total. The third-order valence-electron chi connectivity index (χ3n) is 5.78. The van der Waals surface area contributed by atoms with Gasteiger partial charge in [0.2, 0.25) is 0 Å². The first kappa shape index (κ1) is 22.2. The Hall–Kier alpha value is -4.58. The van der Waals surface area contributed by atoms with Gasteiger partial charge in [-0.3, -0.25) is 4.79 Å². The summed E-state index contributed by atoms with van der Waals surface area (Å²) in [6.07, 6.45) is -0.161. The number of carbonyl (C=O) groups excluding carboxylic acids is 1. The van der Waals surface area contributed by atoms with Gasteiger partial charge < -0.3 is 19.8 Å². The van der Waals surface area contributed by atoms with Crippen molar-refractivity contribution in [3.63, 3.8) is 0 Å². The molecule has 35 heavy (non-hydrogen) atoms. The van der Waals surface area contributed by atoms with Crippen LogP contribution in [0.4, 0.5) is 5.69 Å². The number of aromatic nitrogens is 2. The van der Waals surface area contributed by atoms with Gasteiger partial charge in [0.05, 0.1) is 18.1 Å². The molecule has 0 radical (unpaired) electrons. The van der Waals surface area contributed by atoms with E-state index in [2.05, 4.69) is 15.3 Å². The van der Waals surface area contributed by atoms with Gasteiger partial charge in [-0.2, -0.15) is 0 Å². The summed E-state index contributed by atoms with van der Waals surface area (Å²) in [5.41, 5.74) is 4.94. The van der Waals surface area contributed by atoms with E-state index in [1.165, 1.54) is 0 Å². The Morgan fingerprint density at radius 1 is 0.886 bits per heavy atom. The number of rotatable bonds is 7. The van der Waals surface area contributed by atoms with Crippen LogP contribution in [0.5, 0.6) is 11.5 Å². The fraction of sp³-hybridized carbons (Fsp3) is 0.103. The van der Waals surface area contributed by atoms with E-state index in [0.29, 0.717) is 22.7 Å². The van der Waals surface area contributed by atoms with Crippen LogP contribution >= 0.6 is 0 Å². The highest BCUT2D eigenvalue weighted by molar-refractivity contribution is 6.05. The molecule has 1 amide bonds. The summed E-state index contributed by atoms with van der Waals surface area (Å²) in [5, 5.41) is 2.96. The third-order valence-corrected chi connectivity index (χ3v) is 5.78. The maximum Gasteiger partial charge on any atom is 0.255 e. The lowest BCUT2D eigenvalue weighted by molar-refractivity contribution is 0.102. The molecule has 1 aromatic heterocycles. The summed E-state index contributed by atoms with van der Waals surface area (Å²) in [5.74, 6) is 1.58. The Morgan fingerprint density at radius 2 is 1.69 bits per heavy atom. The fourth-order valence-corrected chi connectivity index (χ4v) is 3.93. The van der Waals surface area contributed by atoms with Crippen LogP contribution in [0.15, 0.2) is 97.1 Å². The molecule has 5 aromatic rings. The molecule has 0 spiro atoms. The molecule has 0 saturated carbocycles. The van der Waals surface area contributed by atoms with Crippen LogP contribution in [0.1, 0.15) is 28.9 Å². The normalized spacial score (nSPS) is 11.7. The van der Waals surface area contributed by atoms with E-state index < -0.39 is 0 Å². The number of hydrogen-bond acceptors (Lipinski definition) is 4. The Labute approximate surface area is 203 Å². The van der Waals surface area contributed by atoms with Crippen molar-refractivity contribution < 1.29 is 14.3 Å². The average Bonchev–Trinajstić information content (AvgIpc) is 3.34. The molecule has 0 aliphatic carbocycles. The highest BCUT2D eigenvalue weighted by atomic mass is 16.5. The van der Waals surface area contributed by atoms with Crippen LogP contribution in [0, 0.1) is 0 Å². The minimum atomic E-state index is -0.243. The van der Waals surface area contributed by atoms with Gasteiger partial charge in [0.25, 0.3) is 5.91 Å². The molecule has 2 N–H and O–H groups in total. The molecule has 1 heterocycles. The number of para-hydroxylation sites is 2. The van der Waals surface area contributed by atoms with Gasteiger partial charge in [0.1, 0.15) is 11.9 Å². The quantitative estimate of drug-likeness (QED) is 0.284. The van der Waals surface area contributed by atoms with Crippen LogP contribution in [0.3, 0.4) is 0 Å². The van der Waals surface area contributed by atoms with Crippen molar-refractivity contribution in [1.29, 1.82) is 0 Å². The lowest BCUT2D eigenvalue weighted by Crippen LogP contribution is -2.12. The minimum Gasteiger partial charge on any atom is -0.493 e. The van der Waals surface area contributed by atoms with Crippen molar-refractivity contribution in [1.82, 2.24) is 9.97 Å². The van der Waals surface area contributed by atoms with Crippen LogP contribution < -0.4 is 14.8 Å². The zero-order chi connectivity index (χ0) is 24.2. The number of aromatic amines is 1. The van der Waals surface area contributed by atoms with Crippen molar-refractivity contribution in [3.05, 3.63) is 108 Å². The number of benzene rings is 4. The number of hydrogen-bond donors (Lipinski definition) is 2. The summed E-state index contributed by atoms with van der Waals surface area (Å²) in [7, 11) is 1.56. The fourth-order valence-electron chi connectivity index (χ4n) is 3.93. The minimum absolute atomic E-state index is 0.161. The second kappa shape index (κ2) is 9.73. The molecule has 5 rings (SSSR count). The predicted molar refractivity (Wildman–Crippen MR) is 138 cm³/mol. The largest absolute Gasteiger partial charge is 0.493 e. The van der Waals surface area contributed by atoms with E-state index in [9.17, 15) is 4.79 Å². The summed E-state index contributed by atoms with van der Waals surface area (Å²) in [6.45, 7) is 1.98. The molecule has 0 aliphatic heterocycles. The number of imidazole rings is 1. The van der Waals surface area contributed by atoms with Gasteiger partial charge >= 0.3 is 0 Å². The Balaban J connectivity index is 1.33.